The van der Waals surface area contributed by atoms with Gasteiger partial charge in [-0.2, -0.15) is 0 Å². The fraction of sp³-hybridized carbons (Fsp3) is 0.444. The SMILES string of the molecule is CCOC(=O)c1c(C)c(Br)cc2cc(CNC(=O)OC(C)(C)C)oc12. The summed E-state index contributed by atoms with van der Waals surface area (Å²) in [6.45, 7) is 9.37. The quantitative estimate of drug-likeness (QED) is 0.737. The molecule has 0 unspecified atom stereocenters. The second-order valence-corrected chi connectivity index (χ2v) is 7.42. The molecule has 0 saturated heterocycles. The lowest BCUT2D eigenvalue weighted by Crippen LogP contribution is -2.32. The number of furan rings is 1. The summed E-state index contributed by atoms with van der Waals surface area (Å²) in [7, 11) is 0. The van der Waals surface area contributed by atoms with Crippen LogP contribution < -0.4 is 5.32 Å². The maximum absolute atomic E-state index is 12.3. The number of nitrogens with one attached hydrogen (secondary N) is 1. The van der Waals surface area contributed by atoms with Crippen molar-refractivity contribution in [3.63, 3.8) is 0 Å². The average molecular weight is 412 g/mol. The van der Waals surface area contributed by atoms with Crippen molar-refractivity contribution in [2.24, 2.45) is 0 Å². The second-order valence-electron chi connectivity index (χ2n) is 6.57. The number of benzene rings is 1. The van der Waals surface area contributed by atoms with Crippen LogP contribution in [0.4, 0.5) is 4.79 Å². The molecule has 0 bridgehead atoms. The Hall–Kier alpha value is -2.02. The summed E-state index contributed by atoms with van der Waals surface area (Å²) in [5.74, 6) is 0.0798. The molecule has 0 aliphatic rings. The lowest BCUT2D eigenvalue weighted by Gasteiger charge is -2.19. The lowest BCUT2D eigenvalue weighted by atomic mass is 10.1. The first-order chi connectivity index (χ1) is 11.6. The molecule has 1 aromatic heterocycles. The van der Waals surface area contributed by atoms with Crippen molar-refractivity contribution in [3.8, 4) is 0 Å². The molecule has 0 aliphatic heterocycles. The van der Waals surface area contributed by atoms with Crippen LogP contribution in [0.15, 0.2) is 21.0 Å². The van der Waals surface area contributed by atoms with Crippen LogP contribution in [-0.4, -0.2) is 24.3 Å². The lowest BCUT2D eigenvalue weighted by molar-refractivity contribution is 0.0509. The van der Waals surface area contributed by atoms with Gasteiger partial charge in [-0.15, -0.1) is 0 Å². The molecule has 1 amide bonds. The van der Waals surface area contributed by atoms with Gasteiger partial charge in [-0.1, -0.05) is 15.9 Å². The van der Waals surface area contributed by atoms with Crippen LogP contribution in [0.25, 0.3) is 11.0 Å². The Morgan fingerprint density at radius 3 is 2.56 bits per heavy atom. The molecule has 0 spiro atoms. The molecule has 136 valence electrons. The minimum Gasteiger partial charge on any atom is -0.462 e. The largest absolute Gasteiger partial charge is 0.462 e. The third-order valence-electron chi connectivity index (χ3n) is 3.34. The Morgan fingerprint density at radius 2 is 1.96 bits per heavy atom. The van der Waals surface area contributed by atoms with Gasteiger partial charge in [0.2, 0.25) is 0 Å². The van der Waals surface area contributed by atoms with E-state index in [0.717, 1.165) is 15.4 Å². The number of fused-ring (bicyclic) bond motifs is 1. The van der Waals surface area contributed by atoms with Crippen molar-refractivity contribution in [2.75, 3.05) is 6.61 Å². The van der Waals surface area contributed by atoms with Crippen LogP contribution in [0, 0.1) is 6.92 Å². The Labute approximate surface area is 155 Å². The second kappa shape index (κ2) is 7.47. The molecular weight excluding hydrogens is 390 g/mol. The Kier molecular flexibility index (Phi) is 5.77. The molecule has 1 aromatic carbocycles. The normalized spacial score (nSPS) is 11.4. The number of amides is 1. The maximum Gasteiger partial charge on any atom is 0.408 e. The molecule has 2 rings (SSSR count). The number of halogens is 1. The molecule has 0 saturated carbocycles. The molecule has 0 radical (unpaired) electrons. The Morgan fingerprint density at radius 1 is 1.28 bits per heavy atom. The van der Waals surface area contributed by atoms with E-state index in [1.807, 2.05) is 13.0 Å². The third-order valence-corrected chi connectivity index (χ3v) is 4.16. The van der Waals surface area contributed by atoms with Gasteiger partial charge in [0.05, 0.1) is 13.2 Å². The number of hydrogen-bond acceptors (Lipinski definition) is 5. The van der Waals surface area contributed by atoms with Gasteiger partial charge >= 0.3 is 12.1 Å². The maximum atomic E-state index is 12.3. The molecular formula is C18H22BrNO5. The molecule has 1 heterocycles. The highest BCUT2D eigenvalue weighted by Gasteiger charge is 2.21. The highest BCUT2D eigenvalue weighted by Crippen LogP contribution is 2.32. The zero-order chi connectivity index (χ0) is 18.8. The molecule has 25 heavy (non-hydrogen) atoms. The van der Waals surface area contributed by atoms with Gasteiger partial charge < -0.3 is 19.2 Å². The summed E-state index contributed by atoms with van der Waals surface area (Å²) in [6.07, 6.45) is -0.532. The fourth-order valence-corrected chi connectivity index (χ4v) is 2.75. The van der Waals surface area contributed by atoms with Crippen LogP contribution in [0.1, 0.15) is 49.4 Å². The van der Waals surface area contributed by atoms with Gasteiger partial charge in [0.25, 0.3) is 0 Å². The smallest absolute Gasteiger partial charge is 0.408 e. The Balaban J connectivity index is 2.28. The molecule has 0 aliphatic carbocycles. The van der Waals surface area contributed by atoms with Crippen LogP contribution in [0.2, 0.25) is 0 Å². The van der Waals surface area contributed by atoms with E-state index in [9.17, 15) is 9.59 Å². The van der Waals surface area contributed by atoms with E-state index in [1.165, 1.54) is 0 Å². The van der Waals surface area contributed by atoms with Crippen molar-refractivity contribution in [1.82, 2.24) is 5.32 Å². The van der Waals surface area contributed by atoms with Gasteiger partial charge in [-0.3, -0.25) is 0 Å². The zero-order valence-electron chi connectivity index (χ0n) is 15.0. The van der Waals surface area contributed by atoms with Crippen molar-refractivity contribution >= 4 is 39.0 Å². The predicted molar refractivity (Wildman–Crippen MR) is 97.7 cm³/mol. The molecule has 1 N–H and O–H groups in total. The number of carbonyl (C=O) groups excluding carboxylic acids is 2. The van der Waals surface area contributed by atoms with E-state index < -0.39 is 17.7 Å². The monoisotopic (exact) mass is 411 g/mol. The first-order valence-electron chi connectivity index (χ1n) is 7.98. The number of ether oxygens (including phenoxy) is 2. The van der Waals surface area contributed by atoms with Gasteiger partial charge in [0.1, 0.15) is 22.5 Å². The van der Waals surface area contributed by atoms with Gasteiger partial charge in [0, 0.05) is 9.86 Å². The summed E-state index contributed by atoms with van der Waals surface area (Å²) in [4.78, 5) is 24.0. The molecule has 7 heteroatoms. The predicted octanol–water partition coefficient (Wildman–Crippen LogP) is 4.71. The summed E-state index contributed by atoms with van der Waals surface area (Å²) < 4.78 is 16.9. The summed E-state index contributed by atoms with van der Waals surface area (Å²) >= 11 is 3.45. The van der Waals surface area contributed by atoms with Crippen molar-refractivity contribution < 1.29 is 23.5 Å². The molecule has 0 atom stereocenters. The zero-order valence-corrected chi connectivity index (χ0v) is 16.6. The van der Waals surface area contributed by atoms with E-state index in [-0.39, 0.29) is 13.2 Å². The first kappa shape index (κ1) is 19.3. The summed E-state index contributed by atoms with van der Waals surface area (Å²) in [5.41, 5.74) is 0.999. The fourth-order valence-electron chi connectivity index (χ4n) is 2.31. The van der Waals surface area contributed by atoms with E-state index in [4.69, 9.17) is 13.9 Å². The molecule has 6 nitrogen and oxygen atoms in total. The van der Waals surface area contributed by atoms with Gasteiger partial charge in [-0.05, 0) is 52.3 Å². The minimum absolute atomic E-state index is 0.155. The first-order valence-corrected chi connectivity index (χ1v) is 8.77. The summed E-state index contributed by atoms with van der Waals surface area (Å²) in [5, 5.41) is 3.39. The van der Waals surface area contributed by atoms with Crippen LogP contribution in [0.5, 0.6) is 0 Å². The average Bonchev–Trinajstić information content (AvgIpc) is 2.87. The van der Waals surface area contributed by atoms with Crippen LogP contribution in [0.3, 0.4) is 0 Å². The van der Waals surface area contributed by atoms with Crippen molar-refractivity contribution in [1.29, 1.82) is 0 Å². The van der Waals surface area contributed by atoms with Crippen molar-refractivity contribution in [2.45, 2.75) is 46.8 Å². The highest BCUT2D eigenvalue weighted by molar-refractivity contribution is 9.10. The minimum atomic E-state index is -0.572. The van der Waals surface area contributed by atoms with E-state index in [2.05, 4.69) is 21.2 Å². The van der Waals surface area contributed by atoms with Crippen molar-refractivity contribution in [3.05, 3.63) is 33.5 Å². The number of alkyl carbamates (subject to hydrolysis) is 1. The number of esters is 1. The van der Waals surface area contributed by atoms with E-state index >= 15 is 0 Å². The Bertz CT molecular complexity index is 804. The van der Waals surface area contributed by atoms with E-state index in [1.54, 1.807) is 33.8 Å². The molecule has 0 fully saturated rings. The van der Waals surface area contributed by atoms with Gasteiger partial charge in [0.15, 0.2) is 0 Å². The standard InChI is InChI=1S/C18H22BrNO5/c1-6-23-16(21)14-10(2)13(19)8-11-7-12(24-15(11)14)9-20-17(22)25-18(3,4)5/h7-8H,6,9H2,1-5H3,(H,20,22). The summed E-state index contributed by atoms with van der Waals surface area (Å²) in [6, 6.07) is 3.65. The topological polar surface area (TPSA) is 77.8 Å². The highest BCUT2D eigenvalue weighted by atomic mass is 79.9. The molecule has 2 aromatic rings. The van der Waals surface area contributed by atoms with Crippen LogP contribution >= 0.6 is 15.9 Å². The number of hydrogen-bond donors (Lipinski definition) is 1. The van der Waals surface area contributed by atoms with E-state index in [0.29, 0.717) is 16.9 Å². The van der Waals surface area contributed by atoms with Crippen LogP contribution in [-0.2, 0) is 16.0 Å². The third kappa shape index (κ3) is 4.75. The van der Waals surface area contributed by atoms with Gasteiger partial charge in [-0.25, -0.2) is 9.59 Å². The number of carbonyl (C=O) groups is 2. The number of rotatable bonds is 4.